The molecule has 0 atom stereocenters. The Balaban J connectivity index is 1.27. The monoisotopic (exact) mass is 649 g/mol. The summed E-state index contributed by atoms with van der Waals surface area (Å²) >= 11 is 0. The maximum Gasteiger partial charge on any atom is 0.164 e. The molecule has 3 nitrogen and oxygen atoms in total. The highest BCUT2D eigenvalue weighted by atomic mass is 15.0. The number of fused-ring (bicyclic) bond motifs is 5. The average molecular weight is 650 g/mol. The van der Waals surface area contributed by atoms with Gasteiger partial charge in [-0.3, -0.25) is 0 Å². The van der Waals surface area contributed by atoms with E-state index < -0.39 is 5.41 Å². The molecule has 0 spiro atoms. The minimum atomic E-state index is -0.502. The molecule has 3 heteroatoms. The molecule has 0 bridgehead atoms. The smallest absolute Gasteiger partial charge is 0.164 e. The molecule has 0 unspecified atom stereocenters. The maximum atomic E-state index is 5.26. The Labute approximate surface area is 296 Å². The summed E-state index contributed by atoms with van der Waals surface area (Å²) in [6.45, 7) is 0. The van der Waals surface area contributed by atoms with Crippen molar-refractivity contribution in [3.05, 3.63) is 210 Å². The zero-order chi connectivity index (χ0) is 33.8. The summed E-state index contributed by atoms with van der Waals surface area (Å²) in [6.07, 6.45) is 0. The van der Waals surface area contributed by atoms with E-state index in [1.807, 2.05) is 18.2 Å². The number of nitrogens with zero attached hydrogens (tertiary/aromatic N) is 3. The molecule has 0 fully saturated rings. The molecule has 1 heterocycles. The fraction of sp³-hybridized carbons (Fsp3) is 0.0208. The molecule has 8 aromatic carbocycles. The van der Waals surface area contributed by atoms with Crippen LogP contribution in [0.15, 0.2) is 188 Å². The number of hydrogen-bond acceptors (Lipinski definition) is 3. The Bertz CT molecular complexity index is 2690. The van der Waals surface area contributed by atoms with Gasteiger partial charge in [-0.2, -0.15) is 0 Å². The summed E-state index contributed by atoms with van der Waals surface area (Å²) in [6, 6.07) is 67.0. The first-order valence-electron chi connectivity index (χ1n) is 17.4. The van der Waals surface area contributed by atoms with Crippen LogP contribution in [0.3, 0.4) is 0 Å². The normalized spacial score (nSPS) is 12.9. The Morgan fingerprint density at radius 1 is 0.314 bits per heavy atom. The van der Waals surface area contributed by atoms with Gasteiger partial charge in [0.25, 0.3) is 0 Å². The van der Waals surface area contributed by atoms with E-state index in [4.69, 9.17) is 15.0 Å². The van der Waals surface area contributed by atoms with Gasteiger partial charge in [-0.25, -0.2) is 15.0 Å². The van der Waals surface area contributed by atoms with Gasteiger partial charge in [0.05, 0.1) is 5.41 Å². The maximum absolute atomic E-state index is 5.26. The molecule has 0 saturated carbocycles. The second kappa shape index (κ2) is 11.7. The van der Waals surface area contributed by atoms with Gasteiger partial charge in [0.2, 0.25) is 0 Å². The van der Waals surface area contributed by atoms with E-state index >= 15 is 0 Å². The molecule has 0 N–H and O–H groups in total. The summed E-state index contributed by atoms with van der Waals surface area (Å²) in [5, 5.41) is 4.51. The molecule has 0 saturated heterocycles. The van der Waals surface area contributed by atoms with Crippen molar-refractivity contribution in [2.75, 3.05) is 0 Å². The van der Waals surface area contributed by atoms with Crippen LogP contribution in [0, 0.1) is 0 Å². The molecular formula is C48H31N3. The molecule has 0 aliphatic heterocycles. The van der Waals surface area contributed by atoms with Crippen LogP contribution in [0.25, 0.3) is 66.8 Å². The zero-order valence-electron chi connectivity index (χ0n) is 27.7. The Morgan fingerprint density at radius 3 is 1.53 bits per heavy atom. The summed E-state index contributed by atoms with van der Waals surface area (Å²) in [5.41, 5.74) is 9.95. The highest BCUT2D eigenvalue weighted by Crippen LogP contribution is 2.57. The van der Waals surface area contributed by atoms with Gasteiger partial charge >= 0.3 is 0 Å². The van der Waals surface area contributed by atoms with Crippen molar-refractivity contribution in [3.63, 3.8) is 0 Å². The Hall–Kier alpha value is -6.71. The summed E-state index contributed by atoms with van der Waals surface area (Å²) in [7, 11) is 0. The molecule has 1 aliphatic carbocycles. The Morgan fingerprint density at radius 2 is 0.824 bits per heavy atom. The predicted molar refractivity (Wildman–Crippen MR) is 208 cm³/mol. The van der Waals surface area contributed by atoms with E-state index in [2.05, 4.69) is 170 Å². The van der Waals surface area contributed by atoms with Crippen LogP contribution in [-0.2, 0) is 5.41 Å². The van der Waals surface area contributed by atoms with Crippen LogP contribution in [0.2, 0.25) is 0 Å². The van der Waals surface area contributed by atoms with Crippen LogP contribution in [0.4, 0.5) is 0 Å². The SMILES string of the molecule is c1ccc(-c2nc(-c3cccc4ccccc34)nc(-c3cccc4cc5c(cc34)C(c3ccccc3)(c3ccccc3)c3ccccc3-5)n2)cc1. The lowest BCUT2D eigenvalue weighted by Crippen LogP contribution is -2.28. The number of aromatic nitrogens is 3. The molecule has 9 aromatic rings. The quantitative estimate of drug-likeness (QED) is 0.186. The molecule has 51 heavy (non-hydrogen) atoms. The molecule has 10 rings (SSSR count). The number of rotatable bonds is 5. The van der Waals surface area contributed by atoms with Crippen molar-refractivity contribution in [1.82, 2.24) is 15.0 Å². The third kappa shape index (κ3) is 4.56. The number of benzene rings is 8. The third-order valence-corrected chi connectivity index (χ3v) is 10.4. The first kappa shape index (κ1) is 29.2. The van der Waals surface area contributed by atoms with Crippen LogP contribution in [-0.4, -0.2) is 15.0 Å². The largest absolute Gasteiger partial charge is 0.208 e. The average Bonchev–Trinajstić information content (AvgIpc) is 3.50. The fourth-order valence-electron chi connectivity index (χ4n) is 8.16. The standard InChI is InChI=1S/C48H31N3/c1-4-17-33(18-5-1)45-49-46(39-27-14-19-32-16-10-11-25-37(32)39)51-47(50-45)40-28-15-20-34-30-42-38-26-12-13-29-43(38)48(44(42)31-41(34)40,35-21-6-2-7-22-35)36-23-8-3-9-24-36/h1-31H. The second-order valence-corrected chi connectivity index (χ2v) is 13.2. The Kier molecular flexibility index (Phi) is 6.71. The summed E-state index contributed by atoms with van der Waals surface area (Å²) < 4.78 is 0. The first-order valence-corrected chi connectivity index (χ1v) is 17.4. The van der Waals surface area contributed by atoms with Gasteiger partial charge in [-0.05, 0) is 67.1 Å². The highest BCUT2D eigenvalue weighted by Gasteiger charge is 2.46. The van der Waals surface area contributed by atoms with Crippen molar-refractivity contribution in [2.45, 2.75) is 5.41 Å². The van der Waals surface area contributed by atoms with E-state index in [1.54, 1.807) is 0 Å². The van der Waals surface area contributed by atoms with Crippen LogP contribution < -0.4 is 0 Å². The van der Waals surface area contributed by atoms with E-state index in [1.165, 1.54) is 33.4 Å². The van der Waals surface area contributed by atoms with Crippen LogP contribution >= 0.6 is 0 Å². The summed E-state index contributed by atoms with van der Waals surface area (Å²) in [4.78, 5) is 15.6. The van der Waals surface area contributed by atoms with Gasteiger partial charge in [0.1, 0.15) is 0 Å². The van der Waals surface area contributed by atoms with Crippen molar-refractivity contribution >= 4 is 21.5 Å². The second-order valence-electron chi connectivity index (χ2n) is 13.2. The van der Waals surface area contributed by atoms with Gasteiger partial charge in [0, 0.05) is 16.7 Å². The zero-order valence-corrected chi connectivity index (χ0v) is 27.7. The molecule has 1 aromatic heterocycles. The van der Waals surface area contributed by atoms with Crippen LogP contribution in [0.1, 0.15) is 22.3 Å². The van der Waals surface area contributed by atoms with E-state index in [0.29, 0.717) is 17.5 Å². The molecule has 1 aliphatic rings. The van der Waals surface area contributed by atoms with E-state index in [0.717, 1.165) is 38.2 Å². The molecule has 238 valence electrons. The molecular weight excluding hydrogens is 619 g/mol. The minimum absolute atomic E-state index is 0.502. The topological polar surface area (TPSA) is 38.7 Å². The van der Waals surface area contributed by atoms with Crippen molar-refractivity contribution in [2.24, 2.45) is 0 Å². The fourth-order valence-corrected chi connectivity index (χ4v) is 8.16. The van der Waals surface area contributed by atoms with Gasteiger partial charge in [0.15, 0.2) is 17.5 Å². The lowest BCUT2D eigenvalue weighted by atomic mass is 9.67. The van der Waals surface area contributed by atoms with Crippen molar-refractivity contribution < 1.29 is 0 Å². The minimum Gasteiger partial charge on any atom is -0.208 e. The van der Waals surface area contributed by atoms with Gasteiger partial charge in [-0.15, -0.1) is 0 Å². The predicted octanol–water partition coefficient (Wildman–Crippen LogP) is 11.5. The third-order valence-electron chi connectivity index (χ3n) is 10.4. The lowest BCUT2D eigenvalue weighted by Gasteiger charge is -2.34. The van der Waals surface area contributed by atoms with E-state index in [-0.39, 0.29) is 0 Å². The highest BCUT2D eigenvalue weighted by molar-refractivity contribution is 6.02. The van der Waals surface area contributed by atoms with Crippen molar-refractivity contribution in [1.29, 1.82) is 0 Å². The van der Waals surface area contributed by atoms with Crippen LogP contribution in [0.5, 0.6) is 0 Å². The van der Waals surface area contributed by atoms with Gasteiger partial charge in [-0.1, -0.05) is 176 Å². The molecule has 0 amide bonds. The van der Waals surface area contributed by atoms with E-state index in [9.17, 15) is 0 Å². The van der Waals surface area contributed by atoms with Crippen molar-refractivity contribution in [3.8, 4) is 45.3 Å². The lowest BCUT2D eigenvalue weighted by molar-refractivity contribution is 0.769. The van der Waals surface area contributed by atoms with Gasteiger partial charge < -0.3 is 0 Å². The number of hydrogen-bond donors (Lipinski definition) is 0. The first-order chi connectivity index (χ1) is 25.3. The molecule has 0 radical (unpaired) electrons. The summed E-state index contributed by atoms with van der Waals surface area (Å²) in [5.74, 6) is 1.96.